The summed E-state index contributed by atoms with van der Waals surface area (Å²) in [4.78, 5) is 35.9. The number of allylic oxidation sites excluding steroid dienone is 6. The number of rotatable bonds is 24. The van der Waals surface area contributed by atoms with Crippen molar-refractivity contribution < 1.29 is 42.1 Å². The highest BCUT2D eigenvalue weighted by Gasteiger charge is 2.21. The van der Waals surface area contributed by atoms with Gasteiger partial charge in [0.1, 0.15) is 19.8 Å². The number of phosphoric ester groups is 1. The first-order valence-electron chi connectivity index (χ1n) is 14.2. The van der Waals surface area contributed by atoms with Crippen LogP contribution in [0.5, 0.6) is 0 Å². The molecule has 0 fully saturated rings. The summed E-state index contributed by atoms with van der Waals surface area (Å²) < 4.78 is 32.7. The van der Waals surface area contributed by atoms with Gasteiger partial charge in [0.2, 0.25) is 0 Å². The van der Waals surface area contributed by atoms with E-state index in [-0.39, 0.29) is 26.1 Å². The Kier molecular flexibility index (Phi) is 21.9. The summed E-state index contributed by atoms with van der Waals surface area (Å²) in [6.07, 6.45) is 21.3. The topological polar surface area (TPSA) is 111 Å². The number of hydrogen-bond donors (Lipinski definition) is 0. The minimum absolute atomic E-state index is 0.0373. The zero-order chi connectivity index (χ0) is 29.4. The van der Waals surface area contributed by atoms with E-state index in [1.807, 2.05) is 21.1 Å². The fraction of sp³-hybridized carbons (Fsp3) is 0.724. The van der Waals surface area contributed by atoms with E-state index in [4.69, 9.17) is 18.5 Å². The molecule has 0 aliphatic rings. The molecule has 0 rings (SSSR count). The van der Waals surface area contributed by atoms with Crippen molar-refractivity contribution in [3.05, 3.63) is 36.5 Å². The number of unbranched alkanes of at least 4 members (excludes halogenated alkanes) is 5. The van der Waals surface area contributed by atoms with Gasteiger partial charge >= 0.3 is 11.9 Å². The molecule has 0 aromatic heterocycles. The molecule has 0 heterocycles. The van der Waals surface area contributed by atoms with Gasteiger partial charge in [-0.25, -0.2) is 0 Å². The van der Waals surface area contributed by atoms with Crippen molar-refractivity contribution in [3.8, 4) is 0 Å². The summed E-state index contributed by atoms with van der Waals surface area (Å²) >= 11 is 0. The van der Waals surface area contributed by atoms with Crippen LogP contribution in [0.1, 0.15) is 84.5 Å². The fourth-order valence-corrected chi connectivity index (χ4v) is 3.90. The van der Waals surface area contributed by atoms with Crippen LogP contribution in [-0.4, -0.2) is 70.0 Å². The van der Waals surface area contributed by atoms with Crippen LogP contribution in [0.15, 0.2) is 36.5 Å². The molecule has 0 aliphatic heterocycles. The molecule has 0 aliphatic carbocycles. The Morgan fingerprint density at radius 1 is 0.821 bits per heavy atom. The van der Waals surface area contributed by atoms with E-state index in [2.05, 4.69) is 43.4 Å². The fourth-order valence-electron chi connectivity index (χ4n) is 3.18. The number of hydrogen-bond acceptors (Lipinski definition) is 8. The summed E-state index contributed by atoms with van der Waals surface area (Å²) in [5.74, 6) is -0.962. The second-order valence-electron chi connectivity index (χ2n) is 10.3. The second-order valence-corrected chi connectivity index (χ2v) is 11.7. The van der Waals surface area contributed by atoms with Gasteiger partial charge in [0.25, 0.3) is 7.82 Å². The predicted molar refractivity (Wildman–Crippen MR) is 153 cm³/mol. The summed E-state index contributed by atoms with van der Waals surface area (Å²) in [7, 11) is 1.13. The van der Waals surface area contributed by atoms with Crippen molar-refractivity contribution in [3.63, 3.8) is 0 Å². The number of nitrogens with zero attached hydrogens (tertiary/aromatic N) is 1. The van der Waals surface area contributed by atoms with Gasteiger partial charge < -0.3 is 27.9 Å². The van der Waals surface area contributed by atoms with Crippen LogP contribution >= 0.6 is 7.82 Å². The molecule has 39 heavy (non-hydrogen) atoms. The maximum Gasteiger partial charge on any atom is 0.306 e. The van der Waals surface area contributed by atoms with Gasteiger partial charge in [0, 0.05) is 12.8 Å². The predicted octanol–water partition coefficient (Wildman–Crippen LogP) is 5.65. The van der Waals surface area contributed by atoms with Crippen molar-refractivity contribution in [2.24, 2.45) is 0 Å². The Hall–Kier alpha value is -1.77. The monoisotopic (exact) mass is 573 g/mol. The molecular formula is C29H52NO8P. The van der Waals surface area contributed by atoms with E-state index in [1.165, 1.54) is 0 Å². The van der Waals surface area contributed by atoms with Gasteiger partial charge in [-0.2, -0.15) is 0 Å². The van der Waals surface area contributed by atoms with Crippen LogP contribution < -0.4 is 4.89 Å². The largest absolute Gasteiger partial charge is 0.756 e. The molecule has 226 valence electrons. The van der Waals surface area contributed by atoms with Crippen molar-refractivity contribution in [2.75, 3.05) is 47.5 Å². The third kappa shape index (κ3) is 26.2. The SMILES string of the molecule is CC/C=C\C/C=C\C/C=C\CCCCCCCC(=O)OC(COC(=O)CC)COP(=O)([O-])OCC[N+](C)(C)C. The van der Waals surface area contributed by atoms with Crippen LogP contribution in [0.4, 0.5) is 0 Å². The molecule has 2 unspecified atom stereocenters. The molecule has 10 heteroatoms. The number of carbonyl (C=O) groups excluding carboxylic acids is 2. The maximum absolute atomic E-state index is 12.3. The molecule has 0 aromatic carbocycles. The number of phosphoric acid groups is 1. The Morgan fingerprint density at radius 2 is 1.44 bits per heavy atom. The van der Waals surface area contributed by atoms with Crippen LogP contribution in [0.2, 0.25) is 0 Å². The van der Waals surface area contributed by atoms with Crippen LogP contribution in [0.3, 0.4) is 0 Å². The van der Waals surface area contributed by atoms with E-state index >= 15 is 0 Å². The molecule has 0 N–H and O–H groups in total. The maximum atomic E-state index is 12.3. The molecule has 0 saturated heterocycles. The standard InChI is InChI=1S/C29H52NO8P/c1-6-8-9-10-11-12-13-14-15-16-17-18-19-20-21-22-29(32)38-27(25-35-28(31)7-2)26-37-39(33,34)36-24-23-30(3,4)5/h8-9,11-12,14-15,27H,6-7,10,13,16-26H2,1-5H3/b9-8-,12-11-,15-14-. The molecule has 2 atom stereocenters. The second kappa shape index (κ2) is 23.0. The van der Waals surface area contributed by atoms with Crippen molar-refractivity contribution >= 4 is 19.8 Å². The van der Waals surface area contributed by atoms with E-state index in [0.717, 1.165) is 51.4 Å². The van der Waals surface area contributed by atoms with Crippen LogP contribution in [0.25, 0.3) is 0 Å². The Labute approximate surface area is 236 Å². The normalized spacial score (nSPS) is 14.7. The van der Waals surface area contributed by atoms with Gasteiger partial charge in [-0.05, 0) is 38.5 Å². The summed E-state index contributed by atoms with van der Waals surface area (Å²) in [5.41, 5.74) is 0. The van der Waals surface area contributed by atoms with Crippen molar-refractivity contribution in [1.82, 2.24) is 0 Å². The molecule has 0 spiro atoms. The lowest BCUT2D eigenvalue weighted by molar-refractivity contribution is -0.870. The first kappa shape index (κ1) is 37.2. The van der Waals surface area contributed by atoms with Gasteiger partial charge in [-0.15, -0.1) is 0 Å². The first-order chi connectivity index (χ1) is 18.5. The van der Waals surface area contributed by atoms with Gasteiger partial charge in [0.15, 0.2) is 6.10 Å². The average molecular weight is 574 g/mol. The van der Waals surface area contributed by atoms with Gasteiger partial charge in [-0.3, -0.25) is 14.2 Å². The summed E-state index contributed by atoms with van der Waals surface area (Å²) in [6, 6.07) is 0. The minimum Gasteiger partial charge on any atom is -0.756 e. The van der Waals surface area contributed by atoms with E-state index < -0.39 is 32.5 Å². The van der Waals surface area contributed by atoms with E-state index in [0.29, 0.717) is 17.4 Å². The lowest BCUT2D eigenvalue weighted by Gasteiger charge is -2.28. The Balaban J connectivity index is 4.22. The Morgan fingerprint density at radius 3 is 2.08 bits per heavy atom. The highest BCUT2D eigenvalue weighted by molar-refractivity contribution is 7.45. The number of esters is 2. The van der Waals surface area contributed by atoms with Crippen molar-refractivity contribution in [2.45, 2.75) is 90.6 Å². The third-order valence-electron chi connectivity index (χ3n) is 5.48. The lowest BCUT2D eigenvalue weighted by atomic mass is 10.1. The Bertz CT molecular complexity index is 789. The lowest BCUT2D eigenvalue weighted by Crippen LogP contribution is -2.37. The molecule has 9 nitrogen and oxygen atoms in total. The van der Waals surface area contributed by atoms with Crippen molar-refractivity contribution in [1.29, 1.82) is 0 Å². The van der Waals surface area contributed by atoms with Crippen LogP contribution in [-0.2, 0) is 32.7 Å². The highest BCUT2D eigenvalue weighted by Crippen LogP contribution is 2.38. The molecule has 0 aromatic rings. The zero-order valence-corrected chi connectivity index (χ0v) is 25.7. The first-order valence-corrected chi connectivity index (χ1v) is 15.7. The molecule has 0 amide bonds. The smallest absolute Gasteiger partial charge is 0.306 e. The average Bonchev–Trinajstić information content (AvgIpc) is 2.86. The van der Waals surface area contributed by atoms with E-state index in [9.17, 15) is 19.0 Å². The summed E-state index contributed by atoms with van der Waals surface area (Å²) in [5, 5.41) is 0. The molecule has 0 radical (unpaired) electrons. The minimum atomic E-state index is -4.59. The number of likely N-dealkylation sites (N-methyl/N-ethyl adjacent to an activating group) is 1. The zero-order valence-electron chi connectivity index (χ0n) is 24.8. The number of quaternary nitrogens is 1. The highest BCUT2D eigenvalue weighted by atomic mass is 31.2. The number of carbonyl (C=O) groups is 2. The molecular weight excluding hydrogens is 521 g/mol. The third-order valence-corrected chi connectivity index (χ3v) is 6.44. The van der Waals surface area contributed by atoms with Gasteiger partial charge in [0.05, 0.1) is 27.7 Å². The van der Waals surface area contributed by atoms with E-state index in [1.54, 1.807) is 6.92 Å². The number of ether oxygens (including phenoxy) is 2. The van der Waals surface area contributed by atoms with Gasteiger partial charge in [-0.1, -0.05) is 69.6 Å². The molecule has 0 saturated carbocycles. The van der Waals surface area contributed by atoms with Crippen LogP contribution in [0, 0.1) is 0 Å². The molecule has 0 bridgehead atoms. The quantitative estimate of drug-likeness (QED) is 0.0479. The summed E-state index contributed by atoms with van der Waals surface area (Å²) in [6.45, 7) is 3.43.